The van der Waals surface area contributed by atoms with Crippen LogP contribution in [0.25, 0.3) is 11.3 Å². The summed E-state index contributed by atoms with van der Waals surface area (Å²) in [6, 6.07) is 5.76. The van der Waals surface area contributed by atoms with Crippen molar-refractivity contribution in [1.29, 1.82) is 0 Å². The van der Waals surface area contributed by atoms with E-state index in [0.29, 0.717) is 10.9 Å². The highest BCUT2D eigenvalue weighted by molar-refractivity contribution is 8.01. The zero-order valence-electron chi connectivity index (χ0n) is 15.0. The van der Waals surface area contributed by atoms with Crippen LogP contribution in [-0.4, -0.2) is 37.4 Å². The molecular weight excluding hydrogens is 378 g/mol. The molecular formula is C19H21N5OS2. The number of amides is 1. The number of aryl methyl sites for hydroxylation is 1. The van der Waals surface area contributed by atoms with Crippen LogP contribution in [0.4, 0.5) is 0 Å². The number of carbonyl (C=O) groups excluding carboxylic acids is 1. The van der Waals surface area contributed by atoms with Gasteiger partial charge in [-0.15, -0.1) is 11.3 Å². The number of hydrogen-bond acceptors (Lipinski definition) is 6. The minimum Gasteiger partial charge on any atom is -0.348 e. The van der Waals surface area contributed by atoms with Gasteiger partial charge in [0.05, 0.1) is 5.69 Å². The third kappa shape index (κ3) is 4.56. The predicted octanol–water partition coefficient (Wildman–Crippen LogP) is 4.07. The van der Waals surface area contributed by atoms with E-state index in [0.717, 1.165) is 47.0 Å². The lowest BCUT2D eigenvalue weighted by atomic mass is 9.95. The number of rotatable bonds is 5. The number of carbonyl (C=O) groups is 1. The molecule has 0 spiro atoms. The van der Waals surface area contributed by atoms with E-state index in [9.17, 15) is 4.79 Å². The van der Waals surface area contributed by atoms with Gasteiger partial charge in [0.1, 0.15) is 10.0 Å². The highest BCUT2D eigenvalue weighted by Crippen LogP contribution is 2.35. The smallest absolute Gasteiger partial charge is 0.269 e. The van der Waals surface area contributed by atoms with Crippen molar-refractivity contribution < 1.29 is 4.79 Å². The fraction of sp³-hybridized carbons (Fsp3) is 0.368. The third-order valence-electron chi connectivity index (χ3n) is 4.67. The molecule has 3 heterocycles. The van der Waals surface area contributed by atoms with E-state index in [2.05, 4.69) is 30.9 Å². The summed E-state index contributed by atoms with van der Waals surface area (Å²) in [7, 11) is 0. The van der Waals surface area contributed by atoms with Gasteiger partial charge in [0.2, 0.25) is 0 Å². The molecule has 1 saturated carbocycles. The second-order valence-corrected chi connectivity index (χ2v) is 9.13. The summed E-state index contributed by atoms with van der Waals surface area (Å²) in [5.41, 5.74) is 3.28. The van der Waals surface area contributed by atoms with Gasteiger partial charge in [-0.2, -0.15) is 5.10 Å². The van der Waals surface area contributed by atoms with Gasteiger partial charge in [-0.05, 0) is 50.8 Å². The van der Waals surface area contributed by atoms with Crippen molar-refractivity contribution in [2.24, 2.45) is 0 Å². The molecule has 27 heavy (non-hydrogen) atoms. The highest BCUT2D eigenvalue weighted by Gasteiger charge is 2.24. The number of thiazole rings is 1. The maximum atomic E-state index is 12.5. The van der Waals surface area contributed by atoms with E-state index >= 15 is 0 Å². The van der Waals surface area contributed by atoms with E-state index in [4.69, 9.17) is 0 Å². The third-order valence-corrected chi connectivity index (χ3v) is 7.10. The predicted molar refractivity (Wildman–Crippen MR) is 108 cm³/mol. The van der Waals surface area contributed by atoms with Crippen LogP contribution in [0.3, 0.4) is 0 Å². The number of aromatic amines is 1. The van der Waals surface area contributed by atoms with Gasteiger partial charge < -0.3 is 5.32 Å². The van der Waals surface area contributed by atoms with Crippen LogP contribution >= 0.6 is 23.1 Å². The Morgan fingerprint density at radius 2 is 2.04 bits per heavy atom. The van der Waals surface area contributed by atoms with Crippen LogP contribution in [0.5, 0.6) is 0 Å². The van der Waals surface area contributed by atoms with Crippen LogP contribution in [0.15, 0.2) is 40.3 Å². The molecule has 0 bridgehead atoms. The first-order valence-corrected chi connectivity index (χ1v) is 10.8. The average molecular weight is 400 g/mol. The van der Waals surface area contributed by atoms with E-state index in [1.807, 2.05) is 30.8 Å². The lowest BCUT2D eigenvalue weighted by Gasteiger charge is -2.28. The van der Waals surface area contributed by atoms with Gasteiger partial charge >= 0.3 is 0 Å². The lowest BCUT2D eigenvalue weighted by Crippen LogP contribution is -2.38. The number of aromatic nitrogens is 4. The summed E-state index contributed by atoms with van der Waals surface area (Å²) in [6.07, 6.45) is 7.62. The highest BCUT2D eigenvalue weighted by atomic mass is 32.2. The minimum atomic E-state index is -0.0885. The van der Waals surface area contributed by atoms with Crippen molar-refractivity contribution in [2.75, 3.05) is 0 Å². The van der Waals surface area contributed by atoms with Crippen molar-refractivity contribution in [3.63, 3.8) is 0 Å². The molecule has 3 aromatic heterocycles. The monoisotopic (exact) mass is 399 g/mol. The Kier molecular flexibility index (Phi) is 5.54. The molecule has 0 saturated heterocycles. The first-order chi connectivity index (χ1) is 13.2. The van der Waals surface area contributed by atoms with Gasteiger partial charge in [-0.3, -0.25) is 14.9 Å². The number of thioether (sulfide) groups is 1. The molecule has 2 N–H and O–H groups in total. The molecule has 8 heteroatoms. The fourth-order valence-electron chi connectivity index (χ4n) is 3.23. The van der Waals surface area contributed by atoms with Crippen LogP contribution in [-0.2, 0) is 0 Å². The first-order valence-electron chi connectivity index (χ1n) is 9.03. The van der Waals surface area contributed by atoms with E-state index < -0.39 is 0 Å². The maximum absolute atomic E-state index is 12.5. The van der Waals surface area contributed by atoms with E-state index in [-0.39, 0.29) is 11.9 Å². The molecule has 4 rings (SSSR count). The van der Waals surface area contributed by atoms with E-state index in [1.165, 1.54) is 0 Å². The number of nitrogens with zero attached hydrogens (tertiary/aromatic N) is 3. The molecule has 3 aromatic rings. The Hall–Kier alpha value is -2.19. The topological polar surface area (TPSA) is 83.6 Å². The average Bonchev–Trinajstić information content (AvgIpc) is 3.33. The number of hydrogen-bond donors (Lipinski definition) is 2. The molecule has 0 aromatic carbocycles. The largest absolute Gasteiger partial charge is 0.348 e. The van der Waals surface area contributed by atoms with Crippen molar-refractivity contribution in [2.45, 2.75) is 48.2 Å². The molecule has 0 unspecified atom stereocenters. The summed E-state index contributed by atoms with van der Waals surface area (Å²) in [4.78, 5) is 21.1. The van der Waals surface area contributed by atoms with Gasteiger partial charge in [0.15, 0.2) is 0 Å². The van der Waals surface area contributed by atoms with Crippen molar-refractivity contribution in [1.82, 2.24) is 25.5 Å². The number of nitrogens with one attached hydrogen (secondary N) is 2. The molecule has 1 aliphatic rings. The fourth-order valence-corrected chi connectivity index (χ4v) is 5.51. The van der Waals surface area contributed by atoms with Crippen molar-refractivity contribution in [3.05, 3.63) is 47.4 Å². The molecule has 1 aliphatic carbocycles. The van der Waals surface area contributed by atoms with Gasteiger partial charge in [0, 0.05) is 40.3 Å². The molecule has 1 amide bonds. The lowest BCUT2D eigenvalue weighted by molar-refractivity contribution is 0.0923. The minimum absolute atomic E-state index is 0.0885. The molecule has 140 valence electrons. The van der Waals surface area contributed by atoms with Gasteiger partial charge in [-0.25, -0.2) is 4.98 Å². The van der Waals surface area contributed by atoms with Crippen LogP contribution in [0.1, 0.15) is 41.9 Å². The normalized spacial score (nSPS) is 19.7. The molecule has 0 radical (unpaired) electrons. The molecule has 0 atom stereocenters. The number of pyridine rings is 1. The summed E-state index contributed by atoms with van der Waals surface area (Å²) in [5, 5.41) is 12.9. The Morgan fingerprint density at radius 3 is 2.74 bits per heavy atom. The Balaban J connectivity index is 1.29. The second-order valence-electron chi connectivity index (χ2n) is 6.72. The SMILES string of the molecule is Cc1csc(SC2CCC(NC(=O)c3cc(-c4ccncc4)n[nH]3)CC2)n1. The van der Waals surface area contributed by atoms with Gasteiger partial charge in [-0.1, -0.05) is 11.8 Å². The molecule has 6 nitrogen and oxygen atoms in total. The zero-order chi connectivity index (χ0) is 18.6. The van der Waals surface area contributed by atoms with Gasteiger partial charge in [0.25, 0.3) is 5.91 Å². The Bertz CT molecular complexity index is 900. The zero-order valence-corrected chi connectivity index (χ0v) is 16.6. The molecule has 1 fully saturated rings. The quantitative estimate of drug-likeness (QED) is 0.676. The van der Waals surface area contributed by atoms with E-state index in [1.54, 1.807) is 29.8 Å². The summed E-state index contributed by atoms with van der Waals surface area (Å²) >= 11 is 3.60. The van der Waals surface area contributed by atoms with Crippen LogP contribution in [0.2, 0.25) is 0 Å². The second kappa shape index (κ2) is 8.22. The molecule has 0 aliphatic heterocycles. The Labute approximate surface area is 166 Å². The summed E-state index contributed by atoms with van der Waals surface area (Å²) in [6.45, 7) is 2.03. The first kappa shape index (κ1) is 18.2. The Morgan fingerprint density at radius 1 is 1.26 bits per heavy atom. The maximum Gasteiger partial charge on any atom is 0.269 e. The van der Waals surface area contributed by atoms with Crippen LogP contribution < -0.4 is 5.32 Å². The number of H-pyrrole nitrogens is 1. The summed E-state index contributed by atoms with van der Waals surface area (Å²) in [5.74, 6) is -0.0885. The van der Waals surface area contributed by atoms with Crippen molar-refractivity contribution in [3.8, 4) is 11.3 Å². The standard InChI is InChI=1S/C19H21N5OS2/c1-12-11-26-19(21-12)27-15-4-2-14(3-5-15)22-18(25)17-10-16(23-24-17)13-6-8-20-9-7-13/h6-11,14-15H,2-5H2,1H3,(H,22,25)(H,23,24). The van der Waals surface area contributed by atoms with Crippen molar-refractivity contribution >= 4 is 29.0 Å². The summed E-state index contributed by atoms with van der Waals surface area (Å²) < 4.78 is 1.15. The van der Waals surface area contributed by atoms with Crippen LogP contribution in [0, 0.1) is 6.92 Å².